The van der Waals surface area contributed by atoms with Crippen LogP contribution in [-0.4, -0.2) is 50.2 Å². The van der Waals surface area contributed by atoms with Gasteiger partial charge in [0.25, 0.3) is 5.56 Å². The largest absolute Gasteiger partial charge is 0.394 e. The standard InChI is InChI=1S/C9H12N2O6/c12-2-4-5(13)6(14)7(17-4)3-1-10-9(16)11-8(3)15/h1,4-7,12-14H,2H2,(H2,10,11,15,16)/t4-,5-,6-,7+/m0/s1. The molecule has 1 aliphatic rings. The summed E-state index contributed by atoms with van der Waals surface area (Å²) in [6.45, 7) is -0.476. The zero-order chi connectivity index (χ0) is 12.6. The molecule has 5 N–H and O–H groups in total. The zero-order valence-corrected chi connectivity index (χ0v) is 8.66. The second-order valence-corrected chi connectivity index (χ2v) is 3.79. The molecule has 2 rings (SSSR count). The normalized spacial score (nSPS) is 32.9. The molecule has 1 aliphatic heterocycles. The van der Waals surface area contributed by atoms with Gasteiger partial charge in [-0.1, -0.05) is 0 Å². The molecular weight excluding hydrogens is 232 g/mol. The summed E-state index contributed by atoms with van der Waals surface area (Å²) >= 11 is 0. The fourth-order valence-corrected chi connectivity index (χ4v) is 1.79. The summed E-state index contributed by atoms with van der Waals surface area (Å²) in [7, 11) is 0. The number of hydrogen-bond acceptors (Lipinski definition) is 6. The van der Waals surface area contributed by atoms with E-state index in [1.807, 2.05) is 4.98 Å². The van der Waals surface area contributed by atoms with E-state index >= 15 is 0 Å². The Labute approximate surface area is 94.5 Å². The summed E-state index contributed by atoms with van der Waals surface area (Å²) < 4.78 is 5.15. The third-order valence-electron chi connectivity index (χ3n) is 2.70. The Balaban J connectivity index is 2.35. The van der Waals surface area contributed by atoms with Crippen molar-refractivity contribution in [1.29, 1.82) is 0 Å². The molecule has 0 aliphatic carbocycles. The van der Waals surface area contributed by atoms with Gasteiger partial charge < -0.3 is 25.0 Å². The van der Waals surface area contributed by atoms with E-state index in [0.29, 0.717) is 0 Å². The molecule has 1 saturated heterocycles. The summed E-state index contributed by atoms with van der Waals surface area (Å²) in [5.74, 6) is 0. The van der Waals surface area contributed by atoms with Gasteiger partial charge in [-0.15, -0.1) is 0 Å². The van der Waals surface area contributed by atoms with Crippen molar-refractivity contribution in [3.63, 3.8) is 0 Å². The maximum absolute atomic E-state index is 11.5. The molecule has 0 unspecified atom stereocenters. The van der Waals surface area contributed by atoms with E-state index in [1.54, 1.807) is 0 Å². The molecule has 8 heteroatoms. The van der Waals surface area contributed by atoms with Gasteiger partial charge in [-0.2, -0.15) is 0 Å². The average Bonchev–Trinajstić information content (AvgIpc) is 2.57. The maximum Gasteiger partial charge on any atom is 0.325 e. The van der Waals surface area contributed by atoms with Crippen LogP contribution in [0.3, 0.4) is 0 Å². The Kier molecular flexibility index (Phi) is 3.11. The first-order chi connectivity index (χ1) is 8.04. The predicted molar refractivity (Wildman–Crippen MR) is 54.4 cm³/mol. The highest BCUT2D eigenvalue weighted by molar-refractivity contribution is 5.13. The van der Waals surface area contributed by atoms with E-state index in [4.69, 9.17) is 9.84 Å². The van der Waals surface area contributed by atoms with Crippen molar-refractivity contribution in [3.05, 3.63) is 32.6 Å². The van der Waals surface area contributed by atoms with Crippen LogP contribution in [-0.2, 0) is 4.74 Å². The molecular formula is C9H12N2O6. The topological polar surface area (TPSA) is 136 Å². The lowest BCUT2D eigenvalue weighted by molar-refractivity contribution is -0.0232. The Morgan fingerprint density at radius 1 is 1.29 bits per heavy atom. The molecule has 17 heavy (non-hydrogen) atoms. The van der Waals surface area contributed by atoms with Gasteiger partial charge in [0.05, 0.1) is 12.2 Å². The van der Waals surface area contributed by atoms with Crippen LogP contribution in [0.5, 0.6) is 0 Å². The molecule has 1 aromatic heterocycles. The van der Waals surface area contributed by atoms with E-state index in [1.165, 1.54) is 0 Å². The number of ether oxygens (including phenoxy) is 1. The molecule has 0 spiro atoms. The molecule has 8 nitrogen and oxygen atoms in total. The van der Waals surface area contributed by atoms with Crippen LogP contribution in [0.2, 0.25) is 0 Å². The lowest BCUT2D eigenvalue weighted by Crippen LogP contribution is -2.34. The third-order valence-corrected chi connectivity index (χ3v) is 2.70. The first-order valence-electron chi connectivity index (χ1n) is 4.99. The number of aromatic nitrogens is 2. The van der Waals surface area contributed by atoms with E-state index < -0.39 is 42.3 Å². The van der Waals surface area contributed by atoms with Crippen molar-refractivity contribution < 1.29 is 20.1 Å². The summed E-state index contributed by atoms with van der Waals surface area (Å²) in [4.78, 5) is 26.5. The lowest BCUT2D eigenvalue weighted by Gasteiger charge is -2.13. The van der Waals surface area contributed by atoms with Crippen LogP contribution in [0, 0.1) is 0 Å². The summed E-state index contributed by atoms with van der Waals surface area (Å²) in [5.41, 5.74) is -1.39. The lowest BCUT2D eigenvalue weighted by atomic mass is 10.0. The van der Waals surface area contributed by atoms with E-state index in [2.05, 4.69) is 4.98 Å². The zero-order valence-electron chi connectivity index (χ0n) is 8.66. The molecule has 0 amide bonds. The second-order valence-electron chi connectivity index (χ2n) is 3.79. The van der Waals surface area contributed by atoms with Gasteiger partial charge in [0.1, 0.15) is 24.4 Å². The van der Waals surface area contributed by atoms with Crippen molar-refractivity contribution in [1.82, 2.24) is 9.97 Å². The monoisotopic (exact) mass is 244 g/mol. The highest BCUT2D eigenvalue weighted by atomic mass is 16.6. The maximum atomic E-state index is 11.5. The summed E-state index contributed by atoms with van der Waals surface area (Å²) in [6.07, 6.45) is -3.54. The SMILES string of the molecule is O=c1[nH]cc([C@H]2O[C@@H](CO)[C@H](O)[C@@H]2O)c(=O)[nH]1. The van der Waals surface area contributed by atoms with Crippen LogP contribution < -0.4 is 11.2 Å². The molecule has 0 radical (unpaired) electrons. The summed E-state index contributed by atoms with van der Waals surface area (Å²) in [5, 5.41) is 28.1. The Morgan fingerprint density at radius 2 is 2.00 bits per heavy atom. The third kappa shape index (κ3) is 2.03. The van der Waals surface area contributed by atoms with Crippen molar-refractivity contribution in [2.45, 2.75) is 24.4 Å². The van der Waals surface area contributed by atoms with E-state index in [0.717, 1.165) is 6.20 Å². The first kappa shape index (κ1) is 12.0. The highest BCUT2D eigenvalue weighted by Crippen LogP contribution is 2.31. The average molecular weight is 244 g/mol. The molecule has 94 valence electrons. The van der Waals surface area contributed by atoms with Crippen molar-refractivity contribution in [3.8, 4) is 0 Å². The van der Waals surface area contributed by atoms with Crippen molar-refractivity contribution in [2.75, 3.05) is 6.61 Å². The number of rotatable bonds is 2. The van der Waals surface area contributed by atoms with Crippen LogP contribution in [0.15, 0.2) is 15.8 Å². The van der Waals surface area contributed by atoms with E-state index in [-0.39, 0.29) is 5.56 Å². The molecule has 4 atom stereocenters. The minimum atomic E-state index is -1.33. The van der Waals surface area contributed by atoms with Crippen molar-refractivity contribution in [2.24, 2.45) is 0 Å². The minimum absolute atomic E-state index is 0.00731. The molecule has 1 fully saturated rings. The Hall–Kier alpha value is -1.48. The quantitative estimate of drug-likeness (QED) is 0.382. The van der Waals surface area contributed by atoms with Gasteiger partial charge in [-0.05, 0) is 0 Å². The molecule has 0 saturated carbocycles. The molecule has 1 aromatic rings. The minimum Gasteiger partial charge on any atom is -0.394 e. The number of H-pyrrole nitrogens is 2. The highest BCUT2D eigenvalue weighted by Gasteiger charge is 2.44. The number of hydrogen-bond donors (Lipinski definition) is 5. The van der Waals surface area contributed by atoms with Crippen molar-refractivity contribution >= 4 is 0 Å². The van der Waals surface area contributed by atoms with Crippen LogP contribution in [0.25, 0.3) is 0 Å². The molecule has 0 bridgehead atoms. The van der Waals surface area contributed by atoms with Crippen LogP contribution in [0.1, 0.15) is 11.7 Å². The number of aliphatic hydroxyl groups excluding tert-OH is 3. The smallest absolute Gasteiger partial charge is 0.325 e. The number of nitrogens with one attached hydrogen (secondary N) is 2. The van der Waals surface area contributed by atoms with Crippen LogP contribution in [0.4, 0.5) is 0 Å². The molecule has 0 aromatic carbocycles. The van der Waals surface area contributed by atoms with Gasteiger partial charge >= 0.3 is 5.69 Å². The van der Waals surface area contributed by atoms with Gasteiger partial charge in [0, 0.05) is 6.20 Å². The van der Waals surface area contributed by atoms with Gasteiger partial charge in [0.15, 0.2) is 0 Å². The van der Waals surface area contributed by atoms with Gasteiger partial charge in [-0.3, -0.25) is 9.78 Å². The number of aromatic amines is 2. The fourth-order valence-electron chi connectivity index (χ4n) is 1.79. The molecule has 2 heterocycles. The first-order valence-corrected chi connectivity index (χ1v) is 4.99. The van der Waals surface area contributed by atoms with Crippen LogP contribution >= 0.6 is 0 Å². The summed E-state index contributed by atoms with van der Waals surface area (Å²) in [6, 6.07) is 0. The fraction of sp³-hybridized carbons (Fsp3) is 0.556. The van der Waals surface area contributed by atoms with Gasteiger partial charge in [0.2, 0.25) is 0 Å². The predicted octanol–water partition coefficient (Wildman–Crippen LogP) is -2.78. The van der Waals surface area contributed by atoms with Gasteiger partial charge in [-0.25, -0.2) is 4.79 Å². The Morgan fingerprint density at radius 3 is 2.53 bits per heavy atom. The van der Waals surface area contributed by atoms with E-state index in [9.17, 15) is 19.8 Å². The Bertz CT molecular complexity index is 509. The number of aliphatic hydroxyl groups is 3. The second kappa shape index (κ2) is 4.41.